The van der Waals surface area contributed by atoms with E-state index in [1.165, 1.54) is 6.07 Å². The zero-order valence-corrected chi connectivity index (χ0v) is 17.8. The van der Waals surface area contributed by atoms with E-state index in [0.717, 1.165) is 5.56 Å². The Morgan fingerprint density at radius 1 is 1.13 bits per heavy atom. The van der Waals surface area contributed by atoms with Gasteiger partial charge < -0.3 is 10.1 Å². The number of nitrogens with zero attached hydrogens (tertiary/aromatic N) is 2. The van der Waals surface area contributed by atoms with Crippen LogP contribution in [0.2, 0.25) is 5.02 Å². The van der Waals surface area contributed by atoms with Crippen molar-refractivity contribution < 1.29 is 18.5 Å². The topological polar surface area (TPSA) is 90.3 Å². The molecular formula is C21H20ClN3O4S. The number of hydrogen-bond acceptors (Lipinski definition) is 5. The van der Waals surface area contributed by atoms with Crippen molar-refractivity contribution in [3.05, 3.63) is 76.9 Å². The van der Waals surface area contributed by atoms with Gasteiger partial charge in [0, 0.05) is 16.8 Å². The summed E-state index contributed by atoms with van der Waals surface area (Å²) in [5.74, 6) is -0.394. The predicted octanol–water partition coefficient (Wildman–Crippen LogP) is 3.51. The second-order valence-electron chi connectivity index (χ2n) is 6.22. The fourth-order valence-electron chi connectivity index (χ4n) is 2.73. The van der Waals surface area contributed by atoms with Crippen molar-refractivity contribution >= 4 is 40.1 Å². The van der Waals surface area contributed by atoms with Crippen LogP contribution in [0.5, 0.6) is 0 Å². The first-order valence-corrected chi connectivity index (χ1v) is 10.9. The van der Waals surface area contributed by atoms with Crippen LogP contribution in [-0.4, -0.2) is 38.2 Å². The maximum Gasteiger partial charge on any atom is 0.339 e. The summed E-state index contributed by atoms with van der Waals surface area (Å²) in [7, 11) is -1.31. The number of benzene rings is 2. The van der Waals surface area contributed by atoms with E-state index in [2.05, 4.69) is 10.4 Å². The Hall–Kier alpha value is -2.97. The summed E-state index contributed by atoms with van der Waals surface area (Å²) in [6.07, 6.45) is 1.55. The maximum absolute atomic E-state index is 12.4. The van der Waals surface area contributed by atoms with Gasteiger partial charge in [-0.1, -0.05) is 48.9 Å². The second kappa shape index (κ2) is 10.2. The van der Waals surface area contributed by atoms with Crippen LogP contribution >= 0.6 is 11.6 Å². The van der Waals surface area contributed by atoms with Crippen molar-refractivity contribution in [3.63, 3.8) is 0 Å². The van der Waals surface area contributed by atoms with Crippen LogP contribution in [0, 0.1) is 0 Å². The first-order chi connectivity index (χ1) is 14.5. The number of amides is 1. The third-order valence-corrected chi connectivity index (χ3v) is 5.95. The number of rotatable bonds is 8. The number of halogens is 1. The molecule has 3 aromatic rings. The number of nitrogens with one attached hydrogen (secondary N) is 1. The highest BCUT2D eigenvalue weighted by molar-refractivity contribution is 7.85. The third-order valence-electron chi connectivity index (χ3n) is 4.21. The number of carbonyl (C=O) groups excluding carboxylic acids is 2. The summed E-state index contributed by atoms with van der Waals surface area (Å²) in [6.45, 7) is 1.65. The van der Waals surface area contributed by atoms with Crippen molar-refractivity contribution in [1.82, 2.24) is 9.78 Å². The number of esters is 1. The Kier molecular flexibility index (Phi) is 7.37. The van der Waals surface area contributed by atoms with Crippen molar-refractivity contribution in [3.8, 4) is 0 Å². The van der Waals surface area contributed by atoms with Gasteiger partial charge in [-0.2, -0.15) is 5.10 Å². The molecule has 0 saturated carbocycles. The SMILES string of the molecule is CCS(=O)c1ccccc1C(=O)OCC(=O)Nc1ccnn1Cc1ccccc1Cl. The highest BCUT2D eigenvalue weighted by Crippen LogP contribution is 2.18. The van der Waals surface area contributed by atoms with E-state index in [-0.39, 0.29) is 5.56 Å². The third kappa shape index (κ3) is 5.34. The van der Waals surface area contributed by atoms with Gasteiger partial charge in [-0.25, -0.2) is 9.48 Å². The van der Waals surface area contributed by atoms with E-state index in [1.807, 2.05) is 18.2 Å². The molecule has 0 saturated heterocycles. The van der Waals surface area contributed by atoms with E-state index >= 15 is 0 Å². The van der Waals surface area contributed by atoms with Crippen LogP contribution in [-0.2, 0) is 26.9 Å². The number of ether oxygens (including phenoxy) is 1. The van der Waals surface area contributed by atoms with E-state index in [9.17, 15) is 13.8 Å². The molecule has 1 N–H and O–H groups in total. The lowest BCUT2D eigenvalue weighted by molar-refractivity contribution is -0.119. The zero-order chi connectivity index (χ0) is 21.5. The first kappa shape index (κ1) is 21.7. The van der Waals surface area contributed by atoms with Gasteiger partial charge in [0.1, 0.15) is 5.82 Å². The van der Waals surface area contributed by atoms with Gasteiger partial charge in [-0.3, -0.25) is 9.00 Å². The lowest BCUT2D eigenvalue weighted by Crippen LogP contribution is -2.23. The van der Waals surface area contributed by atoms with Gasteiger partial charge >= 0.3 is 5.97 Å². The number of aromatic nitrogens is 2. The van der Waals surface area contributed by atoms with Crippen molar-refractivity contribution in [1.29, 1.82) is 0 Å². The van der Waals surface area contributed by atoms with Crippen LogP contribution in [0.1, 0.15) is 22.8 Å². The molecule has 0 aliphatic rings. The first-order valence-electron chi connectivity index (χ1n) is 9.19. The van der Waals surface area contributed by atoms with Gasteiger partial charge in [0.25, 0.3) is 5.91 Å². The molecule has 30 heavy (non-hydrogen) atoms. The van der Waals surface area contributed by atoms with Gasteiger partial charge in [0.15, 0.2) is 6.61 Å². The van der Waals surface area contributed by atoms with Crippen LogP contribution in [0.3, 0.4) is 0 Å². The maximum atomic E-state index is 12.4. The molecule has 7 nitrogen and oxygen atoms in total. The van der Waals surface area contributed by atoms with Crippen molar-refractivity contribution in [2.45, 2.75) is 18.4 Å². The molecule has 1 amide bonds. The zero-order valence-electron chi connectivity index (χ0n) is 16.2. The molecule has 1 heterocycles. The lowest BCUT2D eigenvalue weighted by Gasteiger charge is -2.11. The smallest absolute Gasteiger partial charge is 0.339 e. The summed E-state index contributed by atoms with van der Waals surface area (Å²) in [5, 5.41) is 7.46. The Bertz CT molecular complexity index is 1080. The van der Waals surface area contributed by atoms with Gasteiger partial charge in [0.05, 0.1) is 34.0 Å². The lowest BCUT2D eigenvalue weighted by atomic mass is 10.2. The molecule has 0 aliphatic heterocycles. The molecule has 0 fully saturated rings. The normalized spacial score (nSPS) is 11.7. The fourth-order valence-corrected chi connectivity index (χ4v) is 3.86. The van der Waals surface area contributed by atoms with Crippen molar-refractivity contribution in [2.24, 2.45) is 0 Å². The molecule has 0 aliphatic carbocycles. The van der Waals surface area contributed by atoms with Crippen LogP contribution in [0.25, 0.3) is 0 Å². The molecule has 1 unspecified atom stereocenters. The Morgan fingerprint density at radius 3 is 2.63 bits per heavy atom. The van der Waals surface area contributed by atoms with Crippen LogP contribution in [0.15, 0.2) is 65.7 Å². The largest absolute Gasteiger partial charge is 0.452 e. The minimum Gasteiger partial charge on any atom is -0.452 e. The summed E-state index contributed by atoms with van der Waals surface area (Å²) < 4.78 is 18.8. The van der Waals surface area contributed by atoms with Gasteiger partial charge in [-0.15, -0.1) is 0 Å². The van der Waals surface area contributed by atoms with E-state index in [4.69, 9.17) is 16.3 Å². The standard InChI is InChI=1S/C21H20ClN3O4S/c1-2-30(28)18-10-6-4-8-16(18)21(27)29-14-20(26)24-19-11-12-23-25(19)13-15-7-3-5-9-17(15)22/h3-12H,2,13-14H2,1H3,(H,24,26). The summed E-state index contributed by atoms with van der Waals surface area (Å²) in [5.41, 5.74) is 1.04. The summed E-state index contributed by atoms with van der Waals surface area (Å²) in [4.78, 5) is 25.0. The van der Waals surface area contributed by atoms with E-state index < -0.39 is 29.3 Å². The fraction of sp³-hybridized carbons (Fsp3) is 0.190. The molecule has 9 heteroatoms. The molecule has 3 rings (SSSR count). The minimum atomic E-state index is -1.31. The molecule has 156 valence electrons. The molecule has 2 aromatic carbocycles. The highest BCUT2D eigenvalue weighted by Gasteiger charge is 2.17. The van der Waals surface area contributed by atoms with Crippen LogP contribution in [0.4, 0.5) is 5.82 Å². The predicted molar refractivity (Wildman–Crippen MR) is 115 cm³/mol. The van der Waals surface area contributed by atoms with Crippen molar-refractivity contribution in [2.75, 3.05) is 17.7 Å². The average Bonchev–Trinajstić information content (AvgIpc) is 3.19. The van der Waals surface area contributed by atoms with E-state index in [1.54, 1.807) is 48.1 Å². The average molecular weight is 446 g/mol. The molecule has 1 aromatic heterocycles. The summed E-state index contributed by atoms with van der Waals surface area (Å²) in [6, 6.07) is 15.5. The molecule has 0 radical (unpaired) electrons. The number of hydrogen-bond donors (Lipinski definition) is 1. The molecule has 1 atom stereocenters. The quantitative estimate of drug-likeness (QED) is 0.536. The number of anilines is 1. The monoisotopic (exact) mass is 445 g/mol. The van der Waals surface area contributed by atoms with Gasteiger partial charge in [-0.05, 0) is 23.8 Å². The second-order valence-corrected chi connectivity index (χ2v) is 8.34. The summed E-state index contributed by atoms with van der Waals surface area (Å²) >= 11 is 6.18. The Labute approximate surface area is 181 Å². The molecule has 0 bridgehead atoms. The Balaban J connectivity index is 1.61. The van der Waals surface area contributed by atoms with E-state index in [0.29, 0.717) is 28.0 Å². The van der Waals surface area contributed by atoms with Crippen LogP contribution < -0.4 is 5.32 Å². The Morgan fingerprint density at radius 2 is 1.87 bits per heavy atom. The molecular weight excluding hydrogens is 426 g/mol. The number of carbonyl (C=O) groups is 2. The molecule has 0 spiro atoms. The highest BCUT2D eigenvalue weighted by atomic mass is 35.5. The van der Waals surface area contributed by atoms with Gasteiger partial charge in [0.2, 0.25) is 0 Å². The minimum absolute atomic E-state index is 0.189.